The van der Waals surface area contributed by atoms with Gasteiger partial charge in [0.2, 0.25) is 5.91 Å². The summed E-state index contributed by atoms with van der Waals surface area (Å²) in [4.78, 5) is 10.8. The van der Waals surface area contributed by atoms with Crippen LogP contribution in [0.25, 0.3) is 0 Å². The summed E-state index contributed by atoms with van der Waals surface area (Å²) >= 11 is 0. The fourth-order valence-electron chi connectivity index (χ4n) is 1.50. The summed E-state index contributed by atoms with van der Waals surface area (Å²) in [5, 5.41) is 2.72. The highest BCUT2D eigenvalue weighted by Gasteiger charge is 2.07. The number of anilines is 1. The number of nitrogens with one attached hydrogen (secondary N) is 1. The number of aryl methyl sites for hydroxylation is 1. The molecule has 0 heterocycles. The van der Waals surface area contributed by atoms with E-state index < -0.39 is 0 Å². The molecule has 0 aliphatic rings. The first-order valence-electron chi connectivity index (χ1n) is 4.88. The first kappa shape index (κ1) is 11.7. The lowest BCUT2D eigenvalue weighted by Gasteiger charge is -2.13. The number of hydrogen-bond donors (Lipinski definition) is 3. The fourth-order valence-corrected chi connectivity index (χ4v) is 1.50. The standard InChI is InChI=1S/C11H17N3O/c1-7-5-9(14-8(2)15)3-4-10(7)11(13)6-12/h3-5,11H,6,12-13H2,1-2H3,(H,14,15)/t11-/m1/s1. The van der Waals surface area contributed by atoms with Crippen molar-refractivity contribution in [1.82, 2.24) is 0 Å². The first-order valence-corrected chi connectivity index (χ1v) is 4.88. The van der Waals surface area contributed by atoms with Gasteiger partial charge in [-0.1, -0.05) is 6.07 Å². The Labute approximate surface area is 89.6 Å². The van der Waals surface area contributed by atoms with E-state index in [4.69, 9.17) is 11.5 Å². The topological polar surface area (TPSA) is 81.1 Å². The van der Waals surface area contributed by atoms with Gasteiger partial charge in [-0.05, 0) is 30.2 Å². The maximum Gasteiger partial charge on any atom is 0.221 e. The van der Waals surface area contributed by atoms with Gasteiger partial charge in [0.1, 0.15) is 0 Å². The van der Waals surface area contributed by atoms with Crippen LogP contribution in [0.5, 0.6) is 0 Å². The van der Waals surface area contributed by atoms with Gasteiger partial charge in [0, 0.05) is 25.2 Å². The van der Waals surface area contributed by atoms with Gasteiger partial charge in [-0.15, -0.1) is 0 Å². The minimum Gasteiger partial charge on any atom is -0.329 e. The molecule has 0 saturated heterocycles. The SMILES string of the molecule is CC(=O)Nc1ccc([C@H](N)CN)c(C)c1. The van der Waals surface area contributed by atoms with Crippen LogP contribution in [0.1, 0.15) is 24.1 Å². The monoisotopic (exact) mass is 207 g/mol. The molecule has 0 spiro atoms. The number of rotatable bonds is 3. The summed E-state index contributed by atoms with van der Waals surface area (Å²) in [6.07, 6.45) is 0. The molecule has 4 nitrogen and oxygen atoms in total. The quantitative estimate of drug-likeness (QED) is 0.689. The molecule has 82 valence electrons. The molecule has 15 heavy (non-hydrogen) atoms. The normalized spacial score (nSPS) is 12.3. The van der Waals surface area contributed by atoms with Gasteiger partial charge in [0.25, 0.3) is 0 Å². The van der Waals surface area contributed by atoms with E-state index in [0.717, 1.165) is 16.8 Å². The number of amides is 1. The van der Waals surface area contributed by atoms with Crippen molar-refractivity contribution in [3.63, 3.8) is 0 Å². The van der Waals surface area contributed by atoms with Crippen molar-refractivity contribution < 1.29 is 4.79 Å². The second kappa shape index (κ2) is 4.91. The van der Waals surface area contributed by atoms with Crippen molar-refractivity contribution in [3.05, 3.63) is 29.3 Å². The lowest BCUT2D eigenvalue weighted by Crippen LogP contribution is -2.21. The summed E-state index contributed by atoms with van der Waals surface area (Å²) < 4.78 is 0. The second-order valence-electron chi connectivity index (χ2n) is 3.59. The predicted octanol–water partition coefficient (Wildman–Crippen LogP) is 0.912. The van der Waals surface area contributed by atoms with Gasteiger partial charge >= 0.3 is 0 Å². The van der Waals surface area contributed by atoms with E-state index in [1.165, 1.54) is 6.92 Å². The second-order valence-corrected chi connectivity index (χ2v) is 3.59. The molecular weight excluding hydrogens is 190 g/mol. The van der Waals surface area contributed by atoms with Crippen molar-refractivity contribution in [2.75, 3.05) is 11.9 Å². The molecule has 1 atom stereocenters. The summed E-state index contributed by atoms with van der Waals surface area (Å²) in [5.74, 6) is -0.0785. The largest absolute Gasteiger partial charge is 0.329 e. The van der Waals surface area contributed by atoms with Crippen LogP contribution in [0, 0.1) is 6.92 Å². The summed E-state index contributed by atoms with van der Waals surface area (Å²) in [6.45, 7) is 3.85. The minimum atomic E-state index is -0.142. The molecule has 0 bridgehead atoms. The van der Waals surface area contributed by atoms with E-state index in [-0.39, 0.29) is 11.9 Å². The highest BCUT2D eigenvalue weighted by Crippen LogP contribution is 2.19. The summed E-state index contributed by atoms with van der Waals surface area (Å²) in [7, 11) is 0. The maximum atomic E-state index is 10.8. The molecule has 0 fully saturated rings. The Balaban J connectivity index is 2.92. The molecule has 0 aliphatic carbocycles. The zero-order valence-electron chi connectivity index (χ0n) is 9.08. The van der Waals surface area contributed by atoms with Crippen LogP contribution in [-0.4, -0.2) is 12.5 Å². The van der Waals surface area contributed by atoms with Crippen LogP contribution in [0.3, 0.4) is 0 Å². The molecule has 0 aromatic heterocycles. The fraction of sp³-hybridized carbons (Fsp3) is 0.364. The van der Waals surface area contributed by atoms with E-state index in [0.29, 0.717) is 6.54 Å². The Kier molecular flexibility index (Phi) is 3.82. The smallest absolute Gasteiger partial charge is 0.221 e. The molecule has 0 saturated carbocycles. The molecule has 5 N–H and O–H groups in total. The van der Waals surface area contributed by atoms with Crippen LogP contribution in [0.2, 0.25) is 0 Å². The highest BCUT2D eigenvalue weighted by molar-refractivity contribution is 5.88. The Hall–Kier alpha value is -1.39. The number of nitrogens with two attached hydrogens (primary N) is 2. The zero-order valence-corrected chi connectivity index (χ0v) is 9.08. The van der Waals surface area contributed by atoms with Crippen molar-refractivity contribution in [3.8, 4) is 0 Å². The zero-order chi connectivity index (χ0) is 11.4. The molecule has 1 aromatic carbocycles. The molecular formula is C11H17N3O. The van der Waals surface area contributed by atoms with Gasteiger partial charge in [-0.2, -0.15) is 0 Å². The molecule has 1 rings (SSSR count). The molecule has 0 radical (unpaired) electrons. The van der Waals surface area contributed by atoms with Crippen LogP contribution < -0.4 is 16.8 Å². The Bertz CT molecular complexity index is 363. The van der Waals surface area contributed by atoms with E-state index in [1.807, 2.05) is 25.1 Å². The van der Waals surface area contributed by atoms with Crippen molar-refractivity contribution in [2.45, 2.75) is 19.9 Å². The van der Waals surface area contributed by atoms with Crippen LogP contribution >= 0.6 is 0 Å². The molecule has 1 amide bonds. The number of benzene rings is 1. The van der Waals surface area contributed by atoms with Crippen molar-refractivity contribution in [1.29, 1.82) is 0 Å². The molecule has 0 unspecified atom stereocenters. The van der Waals surface area contributed by atoms with Crippen molar-refractivity contribution >= 4 is 11.6 Å². The third-order valence-corrected chi connectivity index (χ3v) is 2.24. The van der Waals surface area contributed by atoms with Gasteiger partial charge in [-0.3, -0.25) is 4.79 Å². The number of hydrogen-bond acceptors (Lipinski definition) is 3. The van der Waals surface area contributed by atoms with Gasteiger partial charge in [-0.25, -0.2) is 0 Å². The predicted molar refractivity (Wildman–Crippen MR) is 61.5 cm³/mol. The summed E-state index contributed by atoms with van der Waals surface area (Å²) in [6, 6.07) is 5.49. The lowest BCUT2D eigenvalue weighted by atomic mass is 10.0. The van der Waals surface area contributed by atoms with Crippen molar-refractivity contribution in [2.24, 2.45) is 11.5 Å². The maximum absolute atomic E-state index is 10.8. The van der Waals surface area contributed by atoms with Gasteiger partial charge in [0.05, 0.1) is 0 Å². The Morgan fingerprint density at radius 2 is 2.20 bits per heavy atom. The Morgan fingerprint density at radius 1 is 1.53 bits per heavy atom. The Morgan fingerprint density at radius 3 is 2.67 bits per heavy atom. The average molecular weight is 207 g/mol. The van der Waals surface area contributed by atoms with Gasteiger partial charge < -0.3 is 16.8 Å². The highest BCUT2D eigenvalue weighted by atomic mass is 16.1. The molecule has 1 aromatic rings. The van der Waals surface area contributed by atoms with E-state index in [9.17, 15) is 4.79 Å². The number of carbonyl (C=O) groups is 1. The van der Waals surface area contributed by atoms with E-state index >= 15 is 0 Å². The minimum absolute atomic E-state index is 0.0785. The van der Waals surface area contributed by atoms with Gasteiger partial charge in [0.15, 0.2) is 0 Å². The number of carbonyl (C=O) groups excluding carboxylic acids is 1. The van der Waals surface area contributed by atoms with Crippen LogP contribution in [0.4, 0.5) is 5.69 Å². The third-order valence-electron chi connectivity index (χ3n) is 2.24. The third kappa shape index (κ3) is 3.04. The van der Waals surface area contributed by atoms with Crippen LogP contribution in [-0.2, 0) is 4.79 Å². The van der Waals surface area contributed by atoms with E-state index in [2.05, 4.69) is 5.32 Å². The van der Waals surface area contributed by atoms with E-state index in [1.54, 1.807) is 0 Å². The van der Waals surface area contributed by atoms with Crippen LogP contribution in [0.15, 0.2) is 18.2 Å². The first-order chi connectivity index (χ1) is 7.04. The molecule has 4 heteroatoms. The lowest BCUT2D eigenvalue weighted by molar-refractivity contribution is -0.114. The molecule has 0 aliphatic heterocycles. The average Bonchev–Trinajstić information content (AvgIpc) is 2.16. The summed E-state index contributed by atoms with van der Waals surface area (Å²) in [5.41, 5.74) is 14.2.